The summed E-state index contributed by atoms with van der Waals surface area (Å²) in [5, 5.41) is 30.6. The standard InChI is InChI=1S/C19H15N11O5S/c1-9(13-6-7-14(34-13)30(32)33)23-25-18(31)15-12(29(28-24-15)17-16(20)26-35-27-17)8-36-19-21-10-4-2-3-5-11(10)22-19/h2-7H,8H2,1H3,(H2,20,26)(H,21,22)(H,25,31). The van der Waals surface area contributed by atoms with E-state index in [2.05, 4.69) is 45.7 Å². The van der Waals surface area contributed by atoms with Crippen molar-refractivity contribution < 1.29 is 18.8 Å². The zero-order valence-corrected chi connectivity index (χ0v) is 19.1. The molecule has 0 spiro atoms. The van der Waals surface area contributed by atoms with Gasteiger partial charge in [-0.1, -0.05) is 29.1 Å². The van der Waals surface area contributed by atoms with E-state index in [9.17, 15) is 14.9 Å². The minimum absolute atomic E-state index is 0.0462. The van der Waals surface area contributed by atoms with E-state index in [1.165, 1.54) is 35.5 Å². The maximum Gasteiger partial charge on any atom is 0.433 e. The Hall–Kier alpha value is -5.06. The van der Waals surface area contributed by atoms with Crippen LogP contribution < -0.4 is 11.2 Å². The Bertz CT molecular complexity index is 1580. The maximum atomic E-state index is 12.9. The van der Waals surface area contributed by atoms with Crippen molar-refractivity contribution >= 4 is 46.1 Å². The van der Waals surface area contributed by atoms with Crippen LogP contribution in [0, 0.1) is 10.1 Å². The molecule has 1 aromatic carbocycles. The molecule has 16 nitrogen and oxygen atoms in total. The van der Waals surface area contributed by atoms with Gasteiger partial charge >= 0.3 is 5.88 Å². The molecule has 0 bridgehead atoms. The average molecular weight is 509 g/mol. The third kappa shape index (κ3) is 4.37. The number of nitro groups is 1. The van der Waals surface area contributed by atoms with E-state index >= 15 is 0 Å². The smallest absolute Gasteiger partial charge is 0.399 e. The highest BCUT2D eigenvalue weighted by molar-refractivity contribution is 7.98. The summed E-state index contributed by atoms with van der Waals surface area (Å²) < 4.78 is 11.0. The van der Waals surface area contributed by atoms with E-state index in [0.29, 0.717) is 10.9 Å². The van der Waals surface area contributed by atoms with Gasteiger partial charge < -0.3 is 15.1 Å². The van der Waals surface area contributed by atoms with Gasteiger partial charge in [0, 0.05) is 5.75 Å². The van der Waals surface area contributed by atoms with Crippen LogP contribution in [0.5, 0.6) is 0 Å². The number of hydrogen-bond donors (Lipinski definition) is 3. The van der Waals surface area contributed by atoms with Crippen LogP contribution in [0.25, 0.3) is 16.9 Å². The van der Waals surface area contributed by atoms with Gasteiger partial charge in [-0.05, 0) is 35.4 Å². The highest BCUT2D eigenvalue weighted by Gasteiger charge is 2.24. The van der Waals surface area contributed by atoms with Crippen LogP contribution in [0.15, 0.2) is 55.7 Å². The van der Waals surface area contributed by atoms with Crippen LogP contribution in [-0.4, -0.2) is 51.8 Å². The first-order valence-electron chi connectivity index (χ1n) is 10.1. The van der Waals surface area contributed by atoms with Crippen LogP contribution in [-0.2, 0) is 5.75 Å². The number of nitrogens with one attached hydrogen (secondary N) is 2. The number of carbonyl (C=O) groups excluding carboxylic acids is 1. The molecule has 4 heterocycles. The summed E-state index contributed by atoms with van der Waals surface area (Å²) in [4.78, 5) is 30.8. The van der Waals surface area contributed by atoms with Crippen LogP contribution in [0.2, 0.25) is 0 Å². The fourth-order valence-electron chi connectivity index (χ4n) is 3.11. The van der Waals surface area contributed by atoms with Crippen LogP contribution in [0.4, 0.5) is 11.7 Å². The Balaban J connectivity index is 1.41. The minimum atomic E-state index is -0.697. The molecule has 0 saturated carbocycles. The number of amides is 1. The third-order valence-electron chi connectivity index (χ3n) is 4.84. The summed E-state index contributed by atoms with van der Waals surface area (Å²) in [6.07, 6.45) is 0. The molecule has 0 aliphatic carbocycles. The number of H-pyrrole nitrogens is 1. The summed E-state index contributed by atoms with van der Waals surface area (Å²) in [6.45, 7) is 1.51. The van der Waals surface area contributed by atoms with E-state index < -0.39 is 16.7 Å². The van der Waals surface area contributed by atoms with Crippen molar-refractivity contribution in [1.29, 1.82) is 0 Å². The van der Waals surface area contributed by atoms with Gasteiger partial charge in [-0.2, -0.15) is 9.78 Å². The molecule has 5 rings (SSSR count). The second kappa shape index (κ2) is 9.29. The van der Waals surface area contributed by atoms with Crippen molar-refractivity contribution in [3.63, 3.8) is 0 Å². The lowest BCUT2D eigenvalue weighted by molar-refractivity contribution is -0.402. The van der Waals surface area contributed by atoms with E-state index in [4.69, 9.17) is 10.2 Å². The van der Waals surface area contributed by atoms with E-state index in [1.54, 1.807) is 0 Å². The number of anilines is 1. The second-order valence-electron chi connectivity index (χ2n) is 7.15. The number of nitrogens with two attached hydrogens (primary N) is 1. The SMILES string of the molecule is CC(=NNC(=O)c1nnn(-c2nonc2N)c1CSc1nc2ccccc2[nH]1)c1ccc([N+](=O)[O-])o1. The number of aromatic amines is 1. The average Bonchev–Trinajstić information content (AvgIpc) is 3.66. The van der Waals surface area contributed by atoms with E-state index in [1.807, 2.05) is 24.3 Å². The number of furan rings is 1. The zero-order valence-electron chi connectivity index (χ0n) is 18.3. The van der Waals surface area contributed by atoms with Gasteiger partial charge in [-0.25, -0.2) is 15.0 Å². The van der Waals surface area contributed by atoms with E-state index in [0.717, 1.165) is 11.0 Å². The van der Waals surface area contributed by atoms with Gasteiger partial charge in [-0.15, -0.1) is 5.10 Å². The van der Waals surface area contributed by atoms with Crippen LogP contribution >= 0.6 is 11.8 Å². The predicted octanol–water partition coefficient (Wildman–Crippen LogP) is 2.06. The first kappa shape index (κ1) is 22.7. The second-order valence-corrected chi connectivity index (χ2v) is 8.11. The van der Waals surface area contributed by atoms with Crippen molar-refractivity contribution in [2.24, 2.45) is 5.10 Å². The third-order valence-corrected chi connectivity index (χ3v) is 5.73. The Morgan fingerprint density at radius 1 is 1.31 bits per heavy atom. The zero-order chi connectivity index (χ0) is 25.2. The monoisotopic (exact) mass is 509 g/mol. The lowest BCUT2D eigenvalue weighted by Gasteiger charge is -2.04. The Morgan fingerprint density at radius 3 is 2.86 bits per heavy atom. The quantitative estimate of drug-likeness (QED) is 0.118. The molecule has 36 heavy (non-hydrogen) atoms. The summed E-state index contributed by atoms with van der Waals surface area (Å²) in [7, 11) is 0. The number of hydrogen-bond acceptors (Lipinski definition) is 13. The van der Waals surface area contributed by atoms with Gasteiger partial charge in [0.15, 0.2) is 16.6 Å². The normalized spacial score (nSPS) is 11.8. The molecule has 0 fully saturated rings. The maximum absolute atomic E-state index is 12.9. The summed E-state index contributed by atoms with van der Waals surface area (Å²) in [5.74, 6) is -0.823. The molecule has 17 heteroatoms. The number of imidazole rings is 1. The topological polar surface area (TPSA) is 222 Å². The first-order valence-corrected chi connectivity index (χ1v) is 11.1. The number of para-hydroxylation sites is 2. The van der Waals surface area contributed by atoms with Crippen LogP contribution in [0.3, 0.4) is 0 Å². The van der Waals surface area contributed by atoms with Crippen molar-refractivity contribution in [2.75, 3.05) is 5.73 Å². The number of benzene rings is 1. The predicted molar refractivity (Wildman–Crippen MR) is 124 cm³/mol. The van der Waals surface area contributed by atoms with Crippen molar-refractivity contribution in [3.8, 4) is 5.82 Å². The Morgan fingerprint density at radius 2 is 2.14 bits per heavy atom. The molecule has 0 saturated heterocycles. The number of nitrogen functional groups attached to an aromatic ring is 1. The summed E-state index contributed by atoms with van der Waals surface area (Å²) in [5.41, 5.74) is 10.3. The molecule has 4 aromatic heterocycles. The van der Waals surface area contributed by atoms with Crippen molar-refractivity contribution in [2.45, 2.75) is 17.8 Å². The fraction of sp³-hybridized carbons (Fsp3) is 0.105. The largest absolute Gasteiger partial charge is 0.433 e. The highest BCUT2D eigenvalue weighted by Crippen LogP contribution is 2.26. The molecular formula is C19H15N11O5S. The van der Waals surface area contributed by atoms with Gasteiger partial charge in [0.1, 0.15) is 10.6 Å². The molecular weight excluding hydrogens is 494 g/mol. The van der Waals surface area contributed by atoms with Crippen molar-refractivity contribution in [1.82, 2.24) is 40.7 Å². The first-order chi connectivity index (χ1) is 17.4. The number of hydrazone groups is 1. The lowest BCUT2D eigenvalue weighted by Crippen LogP contribution is -2.21. The highest BCUT2D eigenvalue weighted by atomic mass is 32.2. The Kier molecular flexibility index (Phi) is 5.87. The number of rotatable bonds is 8. The molecule has 0 atom stereocenters. The molecule has 1 amide bonds. The molecule has 4 N–H and O–H groups in total. The molecule has 0 aliphatic heterocycles. The molecule has 0 aliphatic rings. The van der Waals surface area contributed by atoms with Gasteiger partial charge in [0.2, 0.25) is 11.6 Å². The number of fused-ring (bicyclic) bond motifs is 1. The molecule has 182 valence electrons. The summed E-state index contributed by atoms with van der Waals surface area (Å²) in [6, 6.07) is 10.1. The molecule has 0 radical (unpaired) electrons. The minimum Gasteiger partial charge on any atom is -0.399 e. The van der Waals surface area contributed by atoms with Crippen LogP contribution in [0.1, 0.15) is 28.9 Å². The molecule has 0 unspecified atom stereocenters. The van der Waals surface area contributed by atoms with Gasteiger partial charge in [-0.3, -0.25) is 14.9 Å². The van der Waals surface area contributed by atoms with Gasteiger partial charge in [0.25, 0.3) is 5.91 Å². The number of thioether (sulfide) groups is 1. The number of aromatic nitrogens is 7. The number of carbonyl (C=O) groups is 1. The lowest BCUT2D eigenvalue weighted by atomic mass is 10.3. The summed E-state index contributed by atoms with van der Waals surface area (Å²) >= 11 is 1.30. The van der Waals surface area contributed by atoms with Gasteiger partial charge in [0.05, 0.1) is 22.8 Å². The van der Waals surface area contributed by atoms with E-state index in [-0.39, 0.29) is 34.6 Å². The Labute approximate surface area is 204 Å². The van der Waals surface area contributed by atoms with Crippen molar-refractivity contribution in [3.05, 3.63) is 63.7 Å². The number of nitrogens with zero attached hydrogens (tertiary/aromatic N) is 8. The fourth-order valence-corrected chi connectivity index (χ4v) is 3.99. The molecule has 5 aromatic rings.